The standard InChI is InChI=1S/C16H20N4O/c1-3-14-13(9-10(2)19-20-14)15(18-17)12-6-4-5-11-7-8-21-16(11)12/h4-6,9,15,18H,3,7-8,17H2,1-2H3. The summed E-state index contributed by atoms with van der Waals surface area (Å²) in [6.45, 7) is 4.75. The molecule has 0 amide bonds. The van der Waals surface area contributed by atoms with Gasteiger partial charge in [-0.3, -0.25) is 5.84 Å². The first-order valence-electron chi connectivity index (χ1n) is 7.28. The quantitative estimate of drug-likeness (QED) is 0.662. The Morgan fingerprint density at radius 2 is 2.19 bits per heavy atom. The van der Waals surface area contributed by atoms with Gasteiger partial charge in [0.1, 0.15) is 5.75 Å². The van der Waals surface area contributed by atoms with Crippen LogP contribution >= 0.6 is 0 Å². The van der Waals surface area contributed by atoms with Crippen molar-refractivity contribution in [2.75, 3.05) is 6.61 Å². The average molecular weight is 284 g/mol. The van der Waals surface area contributed by atoms with Crippen LogP contribution in [0.15, 0.2) is 24.3 Å². The Labute approximate surface area is 124 Å². The third-order valence-electron chi connectivity index (χ3n) is 3.89. The Morgan fingerprint density at radius 3 is 2.95 bits per heavy atom. The van der Waals surface area contributed by atoms with Crippen molar-refractivity contribution in [3.63, 3.8) is 0 Å². The maximum atomic E-state index is 5.85. The van der Waals surface area contributed by atoms with Crippen LogP contribution in [0.2, 0.25) is 0 Å². The third kappa shape index (κ3) is 2.50. The Morgan fingerprint density at radius 1 is 1.33 bits per heavy atom. The normalized spacial score (nSPS) is 14.6. The molecule has 1 aromatic carbocycles. The lowest BCUT2D eigenvalue weighted by molar-refractivity contribution is 0.350. The minimum absolute atomic E-state index is 0.137. The van der Waals surface area contributed by atoms with Gasteiger partial charge in [0.15, 0.2) is 0 Å². The van der Waals surface area contributed by atoms with Crippen LogP contribution in [0.4, 0.5) is 0 Å². The second-order valence-corrected chi connectivity index (χ2v) is 5.27. The summed E-state index contributed by atoms with van der Waals surface area (Å²) in [7, 11) is 0. The summed E-state index contributed by atoms with van der Waals surface area (Å²) in [4.78, 5) is 0. The van der Waals surface area contributed by atoms with E-state index in [-0.39, 0.29) is 6.04 Å². The highest BCUT2D eigenvalue weighted by atomic mass is 16.5. The molecule has 5 heteroatoms. The molecular formula is C16H20N4O. The predicted octanol–water partition coefficient (Wildman–Crippen LogP) is 1.84. The summed E-state index contributed by atoms with van der Waals surface area (Å²) in [5.41, 5.74) is 8.13. The van der Waals surface area contributed by atoms with Crippen molar-refractivity contribution in [3.8, 4) is 5.75 Å². The second kappa shape index (κ2) is 5.79. The SMILES string of the molecule is CCc1nnc(C)cc1C(NN)c1cccc2c1OCC2. The molecule has 21 heavy (non-hydrogen) atoms. The summed E-state index contributed by atoms with van der Waals surface area (Å²) in [5, 5.41) is 8.44. The maximum absolute atomic E-state index is 5.85. The average Bonchev–Trinajstić information content (AvgIpc) is 2.97. The maximum Gasteiger partial charge on any atom is 0.127 e. The zero-order valence-electron chi connectivity index (χ0n) is 12.4. The van der Waals surface area contributed by atoms with Gasteiger partial charge in [0.05, 0.1) is 24.0 Å². The number of benzene rings is 1. The summed E-state index contributed by atoms with van der Waals surface area (Å²) in [6.07, 6.45) is 1.77. The summed E-state index contributed by atoms with van der Waals surface area (Å²) < 4.78 is 5.81. The molecule has 0 fully saturated rings. The molecule has 3 N–H and O–H groups in total. The molecular weight excluding hydrogens is 264 g/mol. The molecule has 0 radical (unpaired) electrons. The Balaban J connectivity index is 2.11. The Kier molecular flexibility index (Phi) is 3.86. The molecule has 0 saturated carbocycles. The molecule has 3 rings (SSSR count). The van der Waals surface area contributed by atoms with Crippen molar-refractivity contribution < 1.29 is 4.74 Å². The molecule has 0 aliphatic carbocycles. The minimum atomic E-state index is -0.137. The van der Waals surface area contributed by atoms with E-state index in [0.717, 1.165) is 47.7 Å². The minimum Gasteiger partial charge on any atom is -0.493 e. The van der Waals surface area contributed by atoms with Crippen molar-refractivity contribution >= 4 is 0 Å². The summed E-state index contributed by atoms with van der Waals surface area (Å²) >= 11 is 0. The number of nitrogens with zero attached hydrogens (tertiary/aromatic N) is 2. The van der Waals surface area contributed by atoms with Crippen LogP contribution in [-0.2, 0) is 12.8 Å². The van der Waals surface area contributed by atoms with E-state index in [1.54, 1.807) is 0 Å². The van der Waals surface area contributed by atoms with Crippen molar-refractivity contribution in [3.05, 3.63) is 52.3 Å². The van der Waals surface area contributed by atoms with Crippen LogP contribution in [0.25, 0.3) is 0 Å². The second-order valence-electron chi connectivity index (χ2n) is 5.27. The number of hydrogen-bond donors (Lipinski definition) is 2. The number of aromatic nitrogens is 2. The number of nitrogens with two attached hydrogens (primary N) is 1. The van der Waals surface area contributed by atoms with E-state index in [0.29, 0.717) is 0 Å². The lowest BCUT2D eigenvalue weighted by Gasteiger charge is -2.21. The molecule has 1 atom stereocenters. The first kappa shape index (κ1) is 14.0. The smallest absolute Gasteiger partial charge is 0.127 e. The summed E-state index contributed by atoms with van der Waals surface area (Å²) in [6, 6.07) is 8.13. The molecule has 0 spiro atoms. The molecule has 2 aromatic rings. The van der Waals surface area contributed by atoms with Crippen molar-refractivity contribution in [2.45, 2.75) is 32.7 Å². The molecule has 1 aliphatic heterocycles. The van der Waals surface area contributed by atoms with E-state index in [1.807, 2.05) is 13.0 Å². The number of fused-ring (bicyclic) bond motifs is 1. The van der Waals surface area contributed by atoms with Crippen LogP contribution in [0, 0.1) is 6.92 Å². The highest BCUT2D eigenvalue weighted by Crippen LogP contribution is 2.36. The number of nitrogens with one attached hydrogen (secondary N) is 1. The number of para-hydroxylation sites is 1. The molecule has 1 aliphatic rings. The third-order valence-corrected chi connectivity index (χ3v) is 3.89. The first-order chi connectivity index (χ1) is 10.2. The van der Waals surface area contributed by atoms with Crippen molar-refractivity contribution in [1.29, 1.82) is 0 Å². The van der Waals surface area contributed by atoms with E-state index in [1.165, 1.54) is 5.56 Å². The first-order valence-corrected chi connectivity index (χ1v) is 7.28. The predicted molar refractivity (Wildman–Crippen MR) is 81.0 cm³/mol. The number of hydrazine groups is 1. The van der Waals surface area contributed by atoms with Gasteiger partial charge < -0.3 is 4.74 Å². The fraction of sp³-hybridized carbons (Fsp3) is 0.375. The molecule has 1 unspecified atom stereocenters. The van der Waals surface area contributed by atoms with Crippen LogP contribution in [0.1, 0.15) is 41.0 Å². The Hall–Kier alpha value is -1.98. The van der Waals surface area contributed by atoms with Crippen molar-refractivity contribution in [2.24, 2.45) is 5.84 Å². The van der Waals surface area contributed by atoms with Crippen LogP contribution in [-0.4, -0.2) is 16.8 Å². The van der Waals surface area contributed by atoms with E-state index < -0.39 is 0 Å². The fourth-order valence-electron chi connectivity index (χ4n) is 2.87. The van der Waals surface area contributed by atoms with Gasteiger partial charge in [-0.25, -0.2) is 5.43 Å². The lowest BCUT2D eigenvalue weighted by Crippen LogP contribution is -2.30. The van der Waals surface area contributed by atoms with Gasteiger partial charge >= 0.3 is 0 Å². The van der Waals surface area contributed by atoms with E-state index in [9.17, 15) is 0 Å². The van der Waals surface area contributed by atoms with Gasteiger partial charge in [-0.1, -0.05) is 25.1 Å². The fourth-order valence-corrected chi connectivity index (χ4v) is 2.87. The zero-order valence-corrected chi connectivity index (χ0v) is 12.4. The van der Waals surface area contributed by atoms with Gasteiger partial charge in [0.2, 0.25) is 0 Å². The topological polar surface area (TPSA) is 73.1 Å². The number of hydrogen-bond acceptors (Lipinski definition) is 5. The van der Waals surface area contributed by atoms with Crippen LogP contribution in [0.5, 0.6) is 5.75 Å². The largest absolute Gasteiger partial charge is 0.493 e. The highest BCUT2D eigenvalue weighted by molar-refractivity contribution is 5.49. The van der Waals surface area contributed by atoms with Crippen molar-refractivity contribution in [1.82, 2.24) is 15.6 Å². The lowest BCUT2D eigenvalue weighted by atomic mass is 9.94. The van der Waals surface area contributed by atoms with E-state index in [4.69, 9.17) is 10.6 Å². The van der Waals surface area contributed by atoms with Gasteiger partial charge in [0.25, 0.3) is 0 Å². The monoisotopic (exact) mass is 284 g/mol. The molecule has 5 nitrogen and oxygen atoms in total. The zero-order chi connectivity index (χ0) is 14.8. The van der Waals surface area contributed by atoms with E-state index in [2.05, 4.69) is 40.7 Å². The van der Waals surface area contributed by atoms with Crippen LogP contribution < -0.4 is 16.0 Å². The number of aryl methyl sites for hydroxylation is 2. The van der Waals surface area contributed by atoms with Gasteiger partial charge in [0, 0.05) is 17.5 Å². The molecule has 1 aromatic heterocycles. The highest BCUT2D eigenvalue weighted by Gasteiger charge is 2.24. The number of ether oxygens (including phenoxy) is 1. The number of rotatable bonds is 4. The van der Waals surface area contributed by atoms with Gasteiger partial charge in [-0.15, -0.1) is 0 Å². The molecule has 110 valence electrons. The molecule has 2 heterocycles. The Bertz CT molecular complexity index is 655. The van der Waals surface area contributed by atoms with E-state index >= 15 is 0 Å². The summed E-state index contributed by atoms with van der Waals surface area (Å²) in [5.74, 6) is 6.81. The van der Waals surface area contributed by atoms with Gasteiger partial charge in [-0.2, -0.15) is 10.2 Å². The van der Waals surface area contributed by atoms with Crippen LogP contribution in [0.3, 0.4) is 0 Å². The van der Waals surface area contributed by atoms with Gasteiger partial charge in [-0.05, 0) is 25.0 Å². The molecule has 0 saturated heterocycles. The molecule has 0 bridgehead atoms.